The maximum atomic E-state index is 12.2. The molecule has 0 spiro atoms. The van der Waals surface area contributed by atoms with Crippen molar-refractivity contribution in [2.75, 3.05) is 0 Å². The van der Waals surface area contributed by atoms with E-state index in [2.05, 4.69) is 0 Å². The van der Waals surface area contributed by atoms with Crippen LogP contribution in [0.3, 0.4) is 0 Å². The van der Waals surface area contributed by atoms with Crippen molar-refractivity contribution in [2.24, 2.45) is 0 Å². The molecule has 31 heavy (non-hydrogen) atoms. The summed E-state index contributed by atoms with van der Waals surface area (Å²) in [6, 6.07) is 0. The SMILES string of the molecule is Oc1c(F)c(F)c(F)c(F)c1F.[B][B]B([B])B(B(B([B])[B])B([B])[B])B(B([B])[B])B([B])[B]. The van der Waals surface area contributed by atoms with Gasteiger partial charge < -0.3 is 5.11 Å². The average Bonchev–Trinajstić information content (AvgIpc) is 2.67. The molecule has 0 heterocycles. The quantitative estimate of drug-likeness (QED) is 0.204. The summed E-state index contributed by atoms with van der Waals surface area (Å²) in [7, 11) is 58.4. The van der Waals surface area contributed by atoms with Gasteiger partial charge in [-0.1, -0.05) is 0 Å². The molecule has 1 nitrogen and oxygen atoms in total. The Kier molecular flexibility index (Phi) is 13.5. The second kappa shape index (κ2) is 13.6. The summed E-state index contributed by atoms with van der Waals surface area (Å²) in [5, 5.41) is 8.30. The van der Waals surface area contributed by atoms with Crippen LogP contribution in [0.4, 0.5) is 22.0 Å². The van der Waals surface area contributed by atoms with Crippen molar-refractivity contribution in [1.29, 1.82) is 0 Å². The van der Waals surface area contributed by atoms with E-state index < -0.39 is 85.9 Å². The molecule has 21 radical (unpaired) electrons. The van der Waals surface area contributed by atoms with Crippen LogP contribution in [0.5, 0.6) is 5.75 Å². The lowest BCUT2D eigenvalue weighted by atomic mass is 8.40. The van der Waals surface area contributed by atoms with E-state index in [1.165, 1.54) is 7.06 Å². The second-order valence-electron chi connectivity index (χ2n) is 6.73. The number of halogens is 5. The van der Waals surface area contributed by atoms with E-state index in [0.29, 0.717) is 0 Å². The highest BCUT2D eigenvalue weighted by Gasteiger charge is 2.42. The van der Waals surface area contributed by atoms with Crippen molar-refractivity contribution < 1.29 is 27.1 Å². The van der Waals surface area contributed by atoms with Gasteiger partial charge in [-0.15, -0.1) is 0 Å². The van der Waals surface area contributed by atoms with E-state index in [9.17, 15) is 22.0 Å². The van der Waals surface area contributed by atoms with Gasteiger partial charge in [-0.25, -0.2) is 13.2 Å². The molecule has 0 aliphatic carbocycles. The van der Waals surface area contributed by atoms with E-state index in [0.717, 1.165) is 0 Å². The van der Waals surface area contributed by atoms with Crippen LogP contribution in [0.15, 0.2) is 0 Å². The van der Waals surface area contributed by atoms with Gasteiger partial charge in [0.15, 0.2) is 5.75 Å². The molecule has 0 saturated carbocycles. The lowest BCUT2D eigenvalue weighted by molar-refractivity contribution is 0.325. The topological polar surface area (TPSA) is 20.2 Å². The van der Waals surface area contributed by atoms with Crippen LogP contribution in [0.25, 0.3) is 0 Å². The number of benzene rings is 1. The molecule has 1 N–H and O–H groups in total. The number of hydrogen-bond donors (Lipinski definition) is 1. The van der Waals surface area contributed by atoms with Crippen LogP contribution in [0, 0.1) is 29.1 Å². The van der Waals surface area contributed by atoms with Crippen LogP contribution in [0.1, 0.15) is 0 Å². The predicted molar refractivity (Wildman–Crippen MR) is 137 cm³/mol. The van der Waals surface area contributed by atoms with Gasteiger partial charge in [0.25, 0.3) is 0 Å². The van der Waals surface area contributed by atoms with Crippen molar-refractivity contribution >= 4 is 136 Å². The van der Waals surface area contributed by atoms with Gasteiger partial charge in [0.1, 0.15) is 0 Å². The van der Waals surface area contributed by atoms with Gasteiger partial charge >= 0.3 is 0 Å². The van der Waals surface area contributed by atoms with Gasteiger partial charge in [0.2, 0.25) is 29.1 Å². The highest BCUT2D eigenvalue weighted by atomic mass is 19.2. The minimum Gasteiger partial charge on any atom is -0.503 e. The van der Waals surface area contributed by atoms with Gasteiger partial charge in [0, 0.05) is 136 Å². The molecule has 0 amide bonds. The molecule has 1 aromatic carbocycles. The molecule has 0 bridgehead atoms. The Hall–Kier alpha value is -0.0962. The van der Waals surface area contributed by atoms with Gasteiger partial charge in [-0.05, 0) is 0 Å². The van der Waals surface area contributed by atoms with Crippen LogP contribution in [-0.4, -0.2) is 141 Å². The van der Waals surface area contributed by atoms with Crippen molar-refractivity contribution in [3.05, 3.63) is 29.1 Å². The van der Waals surface area contributed by atoms with E-state index in [1.807, 2.05) is 0 Å². The molecular weight excluding hydrogens is 388 g/mol. The minimum absolute atomic E-state index is 0.537. The van der Waals surface area contributed by atoms with E-state index in [1.54, 1.807) is 0 Å². The molecule has 0 aromatic heterocycles. The van der Waals surface area contributed by atoms with Crippen LogP contribution >= 0.6 is 0 Å². The van der Waals surface area contributed by atoms with E-state index in [4.69, 9.17) is 82.5 Å². The van der Waals surface area contributed by atoms with Crippen LogP contribution < -0.4 is 0 Å². The Morgan fingerprint density at radius 1 is 0.516 bits per heavy atom. The molecule has 1 aromatic rings. The zero-order valence-corrected chi connectivity index (χ0v) is 16.3. The van der Waals surface area contributed by atoms with Crippen molar-refractivity contribution in [3.63, 3.8) is 0 Å². The summed E-state index contributed by atoms with van der Waals surface area (Å²) in [4.78, 5) is 0. The third-order valence-corrected chi connectivity index (χ3v) is 4.52. The molecule has 0 atom stereocenters. The molecule has 0 fully saturated rings. The lowest BCUT2D eigenvalue weighted by Gasteiger charge is -2.41. The first kappa shape index (κ1) is 30.9. The first-order valence-electron chi connectivity index (χ1n) is 8.67. The minimum atomic E-state index is -2.29. The highest BCUT2D eigenvalue weighted by molar-refractivity contribution is 8.18. The normalized spacial score (nSPS) is 9.58. The van der Waals surface area contributed by atoms with Gasteiger partial charge in [-0.2, -0.15) is 8.78 Å². The summed E-state index contributed by atoms with van der Waals surface area (Å²) >= 11 is 0. The van der Waals surface area contributed by atoms with Gasteiger partial charge in [0.05, 0.1) is 0 Å². The lowest BCUT2D eigenvalue weighted by Crippen LogP contribution is -2.79. The van der Waals surface area contributed by atoms with Crippen molar-refractivity contribution in [3.8, 4) is 5.75 Å². The van der Waals surface area contributed by atoms with Crippen LogP contribution in [0.2, 0.25) is 0 Å². The molecule has 0 unspecified atom stereocenters. The van der Waals surface area contributed by atoms with E-state index in [-0.39, 0.29) is 0 Å². The Morgan fingerprint density at radius 3 is 1.00 bits per heavy atom. The Bertz CT molecular complexity index is 564. The molecular formula is C6HB19F5O. The summed E-state index contributed by atoms with van der Waals surface area (Å²) in [5.41, 5.74) is 0. The Labute approximate surface area is 197 Å². The van der Waals surface area contributed by atoms with E-state index >= 15 is 0 Å². The summed E-state index contributed by atoms with van der Waals surface area (Å²) in [6.45, 7) is 0. The third kappa shape index (κ3) is 8.01. The Morgan fingerprint density at radius 2 is 0.774 bits per heavy atom. The second-order valence-corrected chi connectivity index (χ2v) is 6.73. The first-order valence-corrected chi connectivity index (χ1v) is 8.67. The maximum absolute atomic E-state index is 12.2. The third-order valence-electron chi connectivity index (χ3n) is 4.52. The van der Waals surface area contributed by atoms with Crippen LogP contribution in [-0.2, 0) is 0 Å². The van der Waals surface area contributed by atoms with Gasteiger partial charge in [-0.3, -0.25) is 0 Å². The molecule has 25 heteroatoms. The summed E-state index contributed by atoms with van der Waals surface area (Å²) in [5.74, 6) is -12.9. The largest absolute Gasteiger partial charge is 0.503 e. The molecule has 0 aliphatic rings. The number of phenols is 1. The smallest absolute Gasteiger partial charge is 0.206 e. The molecule has 1 rings (SSSR count). The Balaban J connectivity index is 0.000000639. The molecule has 123 valence electrons. The monoisotopic (exact) mass is 393 g/mol. The predicted octanol–water partition coefficient (Wildman–Crippen LogP) is -5.15. The first-order chi connectivity index (χ1) is 14.1. The summed E-state index contributed by atoms with van der Waals surface area (Å²) < 4.78 is 60.6. The summed E-state index contributed by atoms with van der Waals surface area (Å²) in [6.07, 6.45) is -5.72. The fraction of sp³-hybridized carbons (Fsp3) is 0. The fourth-order valence-corrected chi connectivity index (χ4v) is 3.03. The fourth-order valence-electron chi connectivity index (χ4n) is 3.03. The highest BCUT2D eigenvalue weighted by Crippen LogP contribution is 2.27. The number of aromatic hydroxyl groups is 1. The zero-order valence-electron chi connectivity index (χ0n) is 16.3. The zero-order chi connectivity index (χ0) is 24.8. The van der Waals surface area contributed by atoms with Crippen molar-refractivity contribution in [2.45, 2.75) is 0 Å². The number of phenolic OH excluding ortho intramolecular Hbond substituents is 1. The number of hydrogen-bond acceptors (Lipinski definition) is 1. The standard InChI is InChI=1S/C6HF5O.B19/c7-1-2(8)4(10)6(12)5(11)3(1)9;1-11-16(10)19(17(12(2)3)13(4)5)18(14(6)7)15(8)9/h12H;. The molecule has 0 saturated heterocycles. The number of rotatable bonds is 8. The molecule has 0 aliphatic heterocycles. The average molecular weight is 389 g/mol. The van der Waals surface area contributed by atoms with Crippen molar-refractivity contribution in [1.82, 2.24) is 0 Å². The maximum Gasteiger partial charge on any atom is 0.206 e.